The van der Waals surface area contributed by atoms with Crippen molar-refractivity contribution < 1.29 is 14.7 Å². The molecule has 1 heterocycles. The summed E-state index contributed by atoms with van der Waals surface area (Å²) >= 11 is 0. The van der Waals surface area contributed by atoms with E-state index in [-0.39, 0.29) is 12.1 Å². The third-order valence-electron chi connectivity index (χ3n) is 2.01. The molecule has 1 unspecified atom stereocenters. The van der Waals surface area contributed by atoms with E-state index in [1.54, 1.807) is 19.1 Å². The number of nitrogens with zero attached hydrogens (tertiary/aromatic N) is 2. The van der Waals surface area contributed by atoms with Gasteiger partial charge in [0, 0.05) is 12.4 Å². The van der Waals surface area contributed by atoms with Crippen LogP contribution in [0.3, 0.4) is 0 Å². The van der Waals surface area contributed by atoms with Gasteiger partial charge in [0.05, 0.1) is 6.20 Å². The Bertz CT molecular complexity index is 417. The molecule has 0 aliphatic carbocycles. The molecule has 1 amide bonds. The van der Waals surface area contributed by atoms with Crippen LogP contribution in [0.1, 0.15) is 23.8 Å². The number of carbonyl (C=O) groups excluding carboxylic acids is 1. The van der Waals surface area contributed by atoms with Gasteiger partial charge in [-0.3, -0.25) is 9.78 Å². The van der Waals surface area contributed by atoms with Crippen molar-refractivity contribution in [1.29, 1.82) is 0 Å². The molecular weight excluding hydrogens is 222 g/mol. The Morgan fingerprint density at radius 3 is 2.82 bits per heavy atom. The minimum atomic E-state index is -1.08. The minimum Gasteiger partial charge on any atom is -0.480 e. The Kier molecular flexibility index (Phi) is 4.80. The highest BCUT2D eigenvalue weighted by atomic mass is 16.4. The number of carboxylic acids is 1. The van der Waals surface area contributed by atoms with Gasteiger partial charge in [0.15, 0.2) is 0 Å². The summed E-state index contributed by atoms with van der Waals surface area (Å²) < 4.78 is 0. The molecule has 6 heteroatoms. The minimum absolute atomic E-state index is 0.0965. The monoisotopic (exact) mass is 235 g/mol. The SMILES string of the molecule is C/C=C/CC(NC(=O)c1cnccn1)C(=O)O. The van der Waals surface area contributed by atoms with Crippen molar-refractivity contribution in [2.24, 2.45) is 0 Å². The van der Waals surface area contributed by atoms with Gasteiger partial charge in [-0.1, -0.05) is 12.2 Å². The molecule has 0 radical (unpaired) electrons. The zero-order valence-electron chi connectivity index (χ0n) is 9.33. The summed E-state index contributed by atoms with van der Waals surface area (Å²) in [6.45, 7) is 1.78. The van der Waals surface area contributed by atoms with Gasteiger partial charge < -0.3 is 10.4 Å². The molecule has 90 valence electrons. The third-order valence-corrected chi connectivity index (χ3v) is 2.01. The lowest BCUT2D eigenvalue weighted by Crippen LogP contribution is -2.40. The average molecular weight is 235 g/mol. The molecule has 1 aromatic heterocycles. The number of nitrogens with one attached hydrogen (secondary N) is 1. The number of amides is 1. The van der Waals surface area contributed by atoms with Crippen molar-refractivity contribution >= 4 is 11.9 Å². The Morgan fingerprint density at radius 1 is 1.53 bits per heavy atom. The van der Waals surface area contributed by atoms with Gasteiger partial charge in [-0.25, -0.2) is 9.78 Å². The molecule has 0 aliphatic rings. The number of rotatable bonds is 5. The van der Waals surface area contributed by atoms with Crippen LogP contribution in [-0.2, 0) is 4.79 Å². The first-order valence-electron chi connectivity index (χ1n) is 5.06. The Hall–Kier alpha value is -2.24. The molecule has 1 aromatic rings. The van der Waals surface area contributed by atoms with Crippen LogP contribution in [0.25, 0.3) is 0 Å². The molecule has 0 saturated heterocycles. The Labute approximate surface area is 98.4 Å². The number of hydrogen-bond donors (Lipinski definition) is 2. The number of aliphatic carboxylic acids is 1. The summed E-state index contributed by atoms with van der Waals surface area (Å²) in [7, 11) is 0. The van der Waals surface area contributed by atoms with E-state index in [0.29, 0.717) is 0 Å². The van der Waals surface area contributed by atoms with E-state index < -0.39 is 17.9 Å². The van der Waals surface area contributed by atoms with E-state index in [2.05, 4.69) is 15.3 Å². The lowest BCUT2D eigenvalue weighted by molar-refractivity contribution is -0.139. The topological polar surface area (TPSA) is 92.2 Å². The molecule has 1 rings (SSSR count). The highest BCUT2D eigenvalue weighted by molar-refractivity contribution is 5.94. The van der Waals surface area contributed by atoms with Crippen molar-refractivity contribution in [3.8, 4) is 0 Å². The zero-order valence-corrected chi connectivity index (χ0v) is 9.33. The van der Waals surface area contributed by atoms with Crippen molar-refractivity contribution in [1.82, 2.24) is 15.3 Å². The molecule has 2 N–H and O–H groups in total. The largest absolute Gasteiger partial charge is 0.480 e. The van der Waals surface area contributed by atoms with Crippen LogP contribution < -0.4 is 5.32 Å². The van der Waals surface area contributed by atoms with Gasteiger partial charge in [-0.2, -0.15) is 0 Å². The first kappa shape index (κ1) is 12.8. The molecule has 6 nitrogen and oxygen atoms in total. The van der Waals surface area contributed by atoms with Crippen LogP contribution in [0.4, 0.5) is 0 Å². The Balaban J connectivity index is 2.68. The second-order valence-corrected chi connectivity index (χ2v) is 3.26. The quantitative estimate of drug-likeness (QED) is 0.730. The smallest absolute Gasteiger partial charge is 0.326 e. The molecule has 0 fully saturated rings. The fourth-order valence-corrected chi connectivity index (χ4v) is 1.14. The van der Waals surface area contributed by atoms with Crippen LogP contribution in [0.5, 0.6) is 0 Å². The van der Waals surface area contributed by atoms with E-state index >= 15 is 0 Å². The highest BCUT2D eigenvalue weighted by Gasteiger charge is 2.19. The molecule has 0 bridgehead atoms. The van der Waals surface area contributed by atoms with Gasteiger partial charge in [0.2, 0.25) is 0 Å². The summed E-state index contributed by atoms with van der Waals surface area (Å²) in [6, 6.07) is -0.958. The molecule has 17 heavy (non-hydrogen) atoms. The maximum Gasteiger partial charge on any atom is 0.326 e. The van der Waals surface area contributed by atoms with Gasteiger partial charge in [0.1, 0.15) is 11.7 Å². The summed E-state index contributed by atoms with van der Waals surface area (Å²) in [5.41, 5.74) is 0.0965. The van der Waals surface area contributed by atoms with Crippen LogP contribution in [0, 0.1) is 0 Å². The predicted molar refractivity (Wildman–Crippen MR) is 60.4 cm³/mol. The fraction of sp³-hybridized carbons (Fsp3) is 0.273. The van der Waals surface area contributed by atoms with Crippen molar-refractivity contribution in [3.63, 3.8) is 0 Å². The summed E-state index contributed by atoms with van der Waals surface area (Å²) in [6.07, 6.45) is 7.73. The van der Waals surface area contributed by atoms with Crippen LogP contribution in [0.2, 0.25) is 0 Å². The zero-order chi connectivity index (χ0) is 12.7. The van der Waals surface area contributed by atoms with E-state index in [1.165, 1.54) is 18.6 Å². The van der Waals surface area contributed by atoms with Crippen LogP contribution in [-0.4, -0.2) is 33.0 Å². The first-order valence-corrected chi connectivity index (χ1v) is 5.06. The second kappa shape index (κ2) is 6.37. The van der Waals surface area contributed by atoms with Gasteiger partial charge in [0.25, 0.3) is 5.91 Å². The van der Waals surface area contributed by atoms with Gasteiger partial charge >= 0.3 is 5.97 Å². The van der Waals surface area contributed by atoms with Crippen LogP contribution >= 0.6 is 0 Å². The molecule has 0 saturated carbocycles. The third kappa shape index (κ3) is 4.02. The van der Waals surface area contributed by atoms with Gasteiger partial charge in [-0.15, -0.1) is 0 Å². The van der Waals surface area contributed by atoms with Crippen molar-refractivity contribution in [2.45, 2.75) is 19.4 Å². The standard InChI is InChI=1S/C11H13N3O3/c1-2-3-4-8(11(16)17)14-10(15)9-7-12-5-6-13-9/h2-3,5-8H,4H2,1H3,(H,14,15)(H,16,17)/b3-2+. The number of carbonyl (C=O) groups is 2. The average Bonchev–Trinajstić information content (AvgIpc) is 2.35. The normalized spacial score (nSPS) is 12.3. The Morgan fingerprint density at radius 2 is 2.29 bits per heavy atom. The van der Waals surface area contributed by atoms with Crippen LogP contribution in [0.15, 0.2) is 30.7 Å². The number of carboxylic acid groups (broad SMARTS) is 1. The maximum atomic E-state index is 11.6. The first-order chi connectivity index (χ1) is 8.15. The number of hydrogen-bond acceptors (Lipinski definition) is 4. The second-order valence-electron chi connectivity index (χ2n) is 3.26. The number of allylic oxidation sites excluding steroid dienone is 1. The van der Waals surface area contributed by atoms with Crippen molar-refractivity contribution in [3.05, 3.63) is 36.4 Å². The van der Waals surface area contributed by atoms with E-state index in [1.807, 2.05) is 0 Å². The summed E-state index contributed by atoms with van der Waals surface area (Å²) in [5, 5.41) is 11.3. The molecular formula is C11H13N3O3. The fourth-order valence-electron chi connectivity index (χ4n) is 1.14. The van der Waals surface area contributed by atoms with Gasteiger partial charge in [-0.05, 0) is 13.3 Å². The molecule has 0 aromatic carbocycles. The lowest BCUT2D eigenvalue weighted by Gasteiger charge is -2.11. The molecule has 0 spiro atoms. The maximum absolute atomic E-state index is 11.6. The van der Waals surface area contributed by atoms with E-state index in [0.717, 1.165) is 0 Å². The van der Waals surface area contributed by atoms with E-state index in [4.69, 9.17) is 5.11 Å². The predicted octanol–water partition coefficient (Wildman–Crippen LogP) is 0.626. The molecule has 0 aliphatic heterocycles. The lowest BCUT2D eigenvalue weighted by atomic mass is 10.2. The summed E-state index contributed by atoms with van der Waals surface area (Å²) in [5.74, 6) is -1.63. The van der Waals surface area contributed by atoms with E-state index in [9.17, 15) is 9.59 Å². The summed E-state index contributed by atoms with van der Waals surface area (Å²) in [4.78, 5) is 30.0. The van der Waals surface area contributed by atoms with Crippen molar-refractivity contribution in [2.75, 3.05) is 0 Å². The number of aromatic nitrogens is 2. The highest BCUT2D eigenvalue weighted by Crippen LogP contribution is 1.98. The molecule has 1 atom stereocenters.